The Balaban J connectivity index is 2.00. The molecule has 0 saturated carbocycles. The molecule has 0 aliphatic heterocycles. The molecule has 0 radical (unpaired) electrons. The van der Waals surface area contributed by atoms with Crippen molar-refractivity contribution in [1.82, 2.24) is 9.97 Å². The molecule has 0 amide bonds. The highest BCUT2D eigenvalue weighted by molar-refractivity contribution is 7.99. The summed E-state index contributed by atoms with van der Waals surface area (Å²) in [6, 6.07) is 9.95. The predicted octanol–water partition coefficient (Wildman–Crippen LogP) is 6.18. The minimum absolute atomic E-state index is 0.413. The number of hydrogen-bond acceptors (Lipinski definition) is 4. The lowest BCUT2D eigenvalue weighted by molar-refractivity contribution is 0.224. The lowest BCUT2D eigenvalue weighted by Crippen LogP contribution is -2.12. The number of hydrogen-bond donors (Lipinski definition) is 0. The first kappa shape index (κ1) is 19.1. The number of aryl methyl sites for hydroxylation is 1. The van der Waals surface area contributed by atoms with Gasteiger partial charge in [0.1, 0.15) is 5.15 Å². The summed E-state index contributed by atoms with van der Waals surface area (Å²) in [5.74, 6) is 1.12. The summed E-state index contributed by atoms with van der Waals surface area (Å²) in [4.78, 5) is 9.86. The van der Waals surface area contributed by atoms with Crippen molar-refractivity contribution in [2.45, 2.75) is 56.5 Å². The maximum Gasteiger partial charge on any atom is 0.218 e. The second-order valence-electron chi connectivity index (χ2n) is 5.95. The minimum Gasteiger partial charge on any atom is -0.477 e. The van der Waals surface area contributed by atoms with Crippen LogP contribution in [0.1, 0.15) is 45.1 Å². The molecule has 1 heterocycles. The molecule has 1 aromatic carbocycles. The maximum absolute atomic E-state index is 6.13. The second-order valence-corrected chi connectivity index (χ2v) is 7.38. The van der Waals surface area contributed by atoms with Crippen LogP contribution in [0.5, 0.6) is 5.88 Å². The van der Waals surface area contributed by atoms with E-state index in [0.717, 1.165) is 11.3 Å². The van der Waals surface area contributed by atoms with Crippen LogP contribution in [0.15, 0.2) is 40.4 Å². The summed E-state index contributed by atoms with van der Waals surface area (Å²) < 4.78 is 5.89. The average molecular weight is 365 g/mol. The van der Waals surface area contributed by atoms with Gasteiger partial charge in [0.2, 0.25) is 5.88 Å². The third-order valence-corrected chi connectivity index (χ3v) is 4.96. The molecule has 0 aliphatic carbocycles. The van der Waals surface area contributed by atoms with Gasteiger partial charge in [0.15, 0.2) is 5.16 Å². The van der Waals surface area contributed by atoms with Crippen molar-refractivity contribution in [3.05, 3.63) is 41.0 Å². The van der Waals surface area contributed by atoms with E-state index in [9.17, 15) is 0 Å². The smallest absolute Gasteiger partial charge is 0.218 e. The molecular formula is C19H25ClN2OS. The lowest BCUT2D eigenvalue weighted by Gasteiger charge is -2.15. The second kappa shape index (κ2) is 9.90. The quantitative estimate of drug-likeness (QED) is 0.392. The summed E-state index contributed by atoms with van der Waals surface area (Å²) in [6.07, 6.45) is 4.76. The van der Waals surface area contributed by atoms with Crippen LogP contribution in [-0.4, -0.2) is 16.6 Å². The molecule has 0 fully saturated rings. The fraction of sp³-hybridized carbons (Fsp3) is 0.474. The molecule has 1 atom stereocenters. The Morgan fingerprint density at radius 3 is 2.58 bits per heavy atom. The van der Waals surface area contributed by atoms with Gasteiger partial charge >= 0.3 is 0 Å². The molecule has 2 rings (SSSR count). The Hall–Kier alpha value is -1.26. The normalized spacial score (nSPS) is 12.2. The van der Waals surface area contributed by atoms with E-state index in [0.29, 0.717) is 28.7 Å². The Morgan fingerprint density at radius 1 is 1.17 bits per heavy atom. The molecule has 3 nitrogen and oxygen atoms in total. The summed E-state index contributed by atoms with van der Waals surface area (Å²) in [6.45, 7) is 7.17. The average Bonchev–Trinajstić information content (AvgIpc) is 2.57. The molecule has 0 bridgehead atoms. The van der Waals surface area contributed by atoms with Gasteiger partial charge in [0.05, 0.1) is 6.61 Å². The highest BCUT2D eigenvalue weighted by Gasteiger charge is 2.10. The molecule has 0 spiro atoms. The molecule has 0 saturated heterocycles. The Bertz CT molecular complexity index is 634. The molecule has 0 aliphatic rings. The van der Waals surface area contributed by atoms with Gasteiger partial charge in [-0.05, 0) is 43.2 Å². The molecule has 5 heteroatoms. The Labute approximate surface area is 154 Å². The fourth-order valence-corrected chi connectivity index (χ4v) is 3.30. The third-order valence-electron chi connectivity index (χ3n) is 3.89. The number of nitrogens with zero attached hydrogens (tertiary/aromatic N) is 2. The van der Waals surface area contributed by atoms with Crippen molar-refractivity contribution < 1.29 is 4.74 Å². The van der Waals surface area contributed by atoms with Gasteiger partial charge in [-0.15, -0.1) is 0 Å². The van der Waals surface area contributed by atoms with E-state index in [1.165, 1.54) is 36.6 Å². The van der Waals surface area contributed by atoms with Crippen LogP contribution in [0, 0.1) is 12.8 Å². The highest BCUT2D eigenvalue weighted by atomic mass is 35.5. The number of unbranched alkanes of at least 4 members (excludes halogenated alkanes) is 1. The van der Waals surface area contributed by atoms with Crippen LogP contribution in [0.25, 0.3) is 0 Å². The van der Waals surface area contributed by atoms with Crippen molar-refractivity contribution >= 4 is 23.4 Å². The number of ether oxygens (including phenoxy) is 1. The molecule has 1 unspecified atom stereocenters. The summed E-state index contributed by atoms with van der Waals surface area (Å²) in [5, 5.41) is 1.03. The Kier molecular flexibility index (Phi) is 7.86. The number of halogens is 1. The minimum atomic E-state index is 0.413. The topological polar surface area (TPSA) is 35.0 Å². The first-order valence-electron chi connectivity index (χ1n) is 8.52. The van der Waals surface area contributed by atoms with Crippen molar-refractivity contribution in [3.63, 3.8) is 0 Å². The SMILES string of the molecule is CCCCC(CC)COc1cc(Cl)nc(Sc2ccc(C)cc2)n1. The largest absolute Gasteiger partial charge is 0.477 e. The highest BCUT2D eigenvalue weighted by Crippen LogP contribution is 2.28. The van der Waals surface area contributed by atoms with Crippen molar-refractivity contribution in [3.8, 4) is 5.88 Å². The summed E-state index contributed by atoms with van der Waals surface area (Å²) in [5.41, 5.74) is 1.23. The molecule has 130 valence electrons. The molecule has 2 aromatic rings. The van der Waals surface area contributed by atoms with Crippen LogP contribution < -0.4 is 4.74 Å². The van der Waals surface area contributed by atoms with Crippen molar-refractivity contribution in [2.75, 3.05) is 6.61 Å². The van der Waals surface area contributed by atoms with Gasteiger partial charge in [-0.3, -0.25) is 0 Å². The van der Waals surface area contributed by atoms with E-state index in [1.54, 1.807) is 6.07 Å². The standard InChI is InChI=1S/C19H25ClN2OS/c1-4-6-7-15(5-2)13-23-18-12-17(20)21-19(22-18)24-16-10-8-14(3)9-11-16/h8-12,15H,4-7,13H2,1-3H3. The van der Waals surface area contributed by atoms with Gasteiger partial charge in [0, 0.05) is 11.0 Å². The monoisotopic (exact) mass is 364 g/mol. The number of benzene rings is 1. The molecule has 24 heavy (non-hydrogen) atoms. The van der Waals surface area contributed by atoms with Gasteiger partial charge < -0.3 is 4.74 Å². The Morgan fingerprint density at radius 2 is 1.92 bits per heavy atom. The summed E-state index contributed by atoms with van der Waals surface area (Å²) >= 11 is 7.62. The number of rotatable bonds is 9. The van der Waals surface area contributed by atoms with Crippen LogP contribution >= 0.6 is 23.4 Å². The van der Waals surface area contributed by atoms with Gasteiger partial charge in [-0.2, -0.15) is 4.98 Å². The molecule has 1 aromatic heterocycles. The van der Waals surface area contributed by atoms with E-state index < -0.39 is 0 Å². The van der Waals surface area contributed by atoms with Gasteiger partial charge in [-0.1, -0.05) is 62.4 Å². The number of aromatic nitrogens is 2. The fourth-order valence-electron chi connectivity index (χ4n) is 2.31. The zero-order chi connectivity index (χ0) is 17.4. The molecular weight excluding hydrogens is 340 g/mol. The zero-order valence-electron chi connectivity index (χ0n) is 14.6. The zero-order valence-corrected chi connectivity index (χ0v) is 16.2. The van der Waals surface area contributed by atoms with E-state index >= 15 is 0 Å². The third kappa shape index (κ3) is 6.33. The van der Waals surface area contributed by atoms with Crippen LogP contribution in [0.3, 0.4) is 0 Å². The predicted molar refractivity (Wildman–Crippen MR) is 101 cm³/mol. The van der Waals surface area contributed by atoms with E-state index in [-0.39, 0.29) is 0 Å². The van der Waals surface area contributed by atoms with Crippen molar-refractivity contribution in [2.24, 2.45) is 5.92 Å². The van der Waals surface area contributed by atoms with Gasteiger partial charge in [-0.25, -0.2) is 4.98 Å². The molecule has 0 N–H and O–H groups in total. The van der Waals surface area contributed by atoms with E-state index in [1.807, 2.05) is 0 Å². The summed E-state index contributed by atoms with van der Waals surface area (Å²) in [7, 11) is 0. The van der Waals surface area contributed by atoms with Crippen LogP contribution in [0.4, 0.5) is 0 Å². The first-order chi connectivity index (χ1) is 11.6. The van der Waals surface area contributed by atoms with E-state index in [4.69, 9.17) is 16.3 Å². The van der Waals surface area contributed by atoms with Crippen LogP contribution in [-0.2, 0) is 0 Å². The van der Waals surface area contributed by atoms with Crippen molar-refractivity contribution in [1.29, 1.82) is 0 Å². The van der Waals surface area contributed by atoms with Crippen LogP contribution in [0.2, 0.25) is 5.15 Å². The van der Waals surface area contributed by atoms with E-state index in [2.05, 4.69) is 55.0 Å². The lowest BCUT2D eigenvalue weighted by atomic mass is 10.0. The first-order valence-corrected chi connectivity index (χ1v) is 9.72. The maximum atomic E-state index is 6.13. The van der Waals surface area contributed by atoms with Gasteiger partial charge in [0.25, 0.3) is 0 Å².